The van der Waals surface area contributed by atoms with E-state index in [0.29, 0.717) is 12.3 Å². The number of anilines is 1. The molecule has 0 atom stereocenters. The zero-order chi connectivity index (χ0) is 14.8. The Morgan fingerprint density at radius 3 is 2.33 bits per heavy atom. The molecule has 106 valence electrons. The molecule has 3 rings (SSSR count). The number of rotatable bonds is 3. The number of hydrogen-bond acceptors (Lipinski definition) is 2. The molecule has 0 aliphatic carbocycles. The maximum atomic E-state index is 9.85. The van der Waals surface area contributed by atoms with E-state index in [0.717, 1.165) is 20.2 Å². The van der Waals surface area contributed by atoms with E-state index in [1.165, 1.54) is 10.8 Å². The fraction of sp³-hybridized carbons (Fsp3) is 0.0588. The Hall–Kier alpha value is -1.52. The second kappa shape index (κ2) is 6.08. The molecule has 0 aliphatic heterocycles. The van der Waals surface area contributed by atoms with Crippen molar-refractivity contribution >= 4 is 48.3 Å². The molecule has 0 aromatic heterocycles. The highest BCUT2D eigenvalue weighted by Gasteiger charge is 2.03. The lowest BCUT2D eigenvalue weighted by Crippen LogP contribution is -1.99. The van der Waals surface area contributed by atoms with Crippen molar-refractivity contribution in [3.8, 4) is 5.75 Å². The molecule has 0 amide bonds. The molecule has 0 heterocycles. The first kappa shape index (κ1) is 14.4. The number of fused-ring (bicyclic) bond motifs is 1. The molecule has 0 spiro atoms. The predicted molar refractivity (Wildman–Crippen MR) is 94.8 cm³/mol. The monoisotopic (exact) mass is 405 g/mol. The summed E-state index contributed by atoms with van der Waals surface area (Å²) in [6.07, 6.45) is 0. The first-order chi connectivity index (χ1) is 10.1. The van der Waals surface area contributed by atoms with Crippen LogP contribution in [-0.2, 0) is 6.54 Å². The third-order valence-corrected chi connectivity index (χ3v) is 4.31. The van der Waals surface area contributed by atoms with Crippen LogP contribution in [0, 0.1) is 0 Å². The molecule has 0 radical (unpaired) electrons. The van der Waals surface area contributed by atoms with Gasteiger partial charge in [-0.3, -0.25) is 0 Å². The lowest BCUT2D eigenvalue weighted by atomic mass is 10.1. The van der Waals surface area contributed by atoms with Gasteiger partial charge in [-0.25, -0.2) is 0 Å². The molecular formula is C17H13Br2NO. The van der Waals surface area contributed by atoms with E-state index in [4.69, 9.17) is 0 Å². The summed E-state index contributed by atoms with van der Waals surface area (Å²) < 4.78 is 2.04. The van der Waals surface area contributed by atoms with Crippen molar-refractivity contribution in [1.82, 2.24) is 0 Å². The maximum Gasteiger partial charge on any atom is 0.120 e. The summed E-state index contributed by atoms with van der Waals surface area (Å²) in [7, 11) is 0. The summed E-state index contributed by atoms with van der Waals surface area (Å²) in [6.45, 7) is 0.577. The fourth-order valence-corrected chi connectivity index (χ4v) is 3.01. The third-order valence-electron chi connectivity index (χ3n) is 3.33. The minimum atomic E-state index is 0.301. The zero-order valence-electron chi connectivity index (χ0n) is 11.1. The molecule has 3 aromatic rings. The van der Waals surface area contributed by atoms with E-state index >= 15 is 0 Å². The van der Waals surface area contributed by atoms with E-state index in [1.807, 2.05) is 24.3 Å². The number of benzene rings is 3. The number of aromatic hydroxyl groups is 1. The van der Waals surface area contributed by atoms with E-state index in [2.05, 4.69) is 61.4 Å². The minimum Gasteiger partial charge on any atom is -0.508 e. The second-order valence-electron chi connectivity index (χ2n) is 4.83. The van der Waals surface area contributed by atoms with Crippen molar-refractivity contribution in [2.24, 2.45) is 0 Å². The normalized spacial score (nSPS) is 10.8. The summed E-state index contributed by atoms with van der Waals surface area (Å²) in [5.41, 5.74) is 1.89. The van der Waals surface area contributed by atoms with Gasteiger partial charge in [-0.05, 0) is 53.2 Å². The van der Waals surface area contributed by atoms with Crippen LogP contribution >= 0.6 is 31.9 Å². The van der Waals surface area contributed by atoms with Crippen LogP contribution in [0.2, 0.25) is 0 Å². The van der Waals surface area contributed by atoms with Gasteiger partial charge in [0, 0.05) is 26.7 Å². The summed E-state index contributed by atoms with van der Waals surface area (Å²) >= 11 is 6.90. The number of hydrogen-bond donors (Lipinski definition) is 2. The third kappa shape index (κ3) is 3.39. The first-order valence-corrected chi connectivity index (χ1v) is 8.11. The van der Waals surface area contributed by atoms with Crippen LogP contribution in [0.5, 0.6) is 5.75 Å². The smallest absolute Gasteiger partial charge is 0.120 e. The molecule has 3 aromatic carbocycles. The topological polar surface area (TPSA) is 32.3 Å². The van der Waals surface area contributed by atoms with Gasteiger partial charge in [0.2, 0.25) is 0 Å². The van der Waals surface area contributed by atoms with Gasteiger partial charge in [0.05, 0.1) is 0 Å². The first-order valence-electron chi connectivity index (χ1n) is 6.52. The van der Waals surface area contributed by atoms with Gasteiger partial charge in [0.15, 0.2) is 0 Å². The van der Waals surface area contributed by atoms with Crippen molar-refractivity contribution in [2.45, 2.75) is 6.54 Å². The fourth-order valence-electron chi connectivity index (χ4n) is 2.22. The van der Waals surface area contributed by atoms with Crippen LogP contribution < -0.4 is 5.32 Å². The number of phenolic OH excluding ortho intramolecular Hbond substituents is 1. The highest BCUT2D eigenvalue weighted by atomic mass is 79.9. The van der Waals surface area contributed by atoms with Gasteiger partial charge in [-0.15, -0.1) is 0 Å². The van der Waals surface area contributed by atoms with Crippen molar-refractivity contribution in [1.29, 1.82) is 0 Å². The van der Waals surface area contributed by atoms with Gasteiger partial charge in [-0.2, -0.15) is 0 Å². The Bertz CT molecular complexity index is 802. The molecule has 0 saturated carbocycles. The van der Waals surface area contributed by atoms with Gasteiger partial charge in [-0.1, -0.05) is 44.0 Å². The van der Waals surface area contributed by atoms with Gasteiger partial charge >= 0.3 is 0 Å². The maximum absolute atomic E-state index is 9.85. The van der Waals surface area contributed by atoms with Crippen molar-refractivity contribution in [3.05, 3.63) is 69.1 Å². The predicted octanol–water partition coefficient (Wildman–Crippen LogP) is 5.68. The van der Waals surface area contributed by atoms with Crippen molar-refractivity contribution < 1.29 is 5.11 Å². The van der Waals surface area contributed by atoms with E-state index in [9.17, 15) is 5.11 Å². The summed E-state index contributed by atoms with van der Waals surface area (Å²) in [4.78, 5) is 0. The molecule has 0 bridgehead atoms. The zero-order valence-corrected chi connectivity index (χ0v) is 14.3. The number of halogens is 2. The van der Waals surface area contributed by atoms with E-state index in [-0.39, 0.29) is 0 Å². The van der Waals surface area contributed by atoms with Gasteiger partial charge in [0.25, 0.3) is 0 Å². The van der Waals surface area contributed by atoms with Crippen LogP contribution in [0.15, 0.2) is 63.5 Å². The Morgan fingerprint density at radius 2 is 1.48 bits per heavy atom. The van der Waals surface area contributed by atoms with Crippen molar-refractivity contribution in [3.63, 3.8) is 0 Å². The van der Waals surface area contributed by atoms with Crippen LogP contribution in [0.4, 0.5) is 5.69 Å². The highest BCUT2D eigenvalue weighted by molar-refractivity contribution is 9.10. The summed E-state index contributed by atoms with van der Waals surface area (Å²) in [5.74, 6) is 0.301. The van der Waals surface area contributed by atoms with E-state index in [1.54, 1.807) is 6.07 Å². The van der Waals surface area contributed by atoms with E-state index < -0.39 is 0 Å². The average molecular weight is 407 g/mol. The molecule has 0 aliphatic rings. The molecule has 2 N–H and O–H groups in total. The standard InChI is InChI=1S/C17H13Br2NO/c18-14-3-1-12-9-16(5-2-11(12)7-14)20-10-13-8-15(19)4-6-17(13)21/h1-9,20-21H,10H2. The molecule has 4 heteroatoms. The average Bonchev–Trinajstić information content (AvgIpc) is 2.48. The van der Waals surface area contributed by atoms with Crippen LogP contribution in [0.3, 0.4) is 0 Å². The number of nitrogens with one attached hydrogen (secondary N) is 1. The Labute approximate surface area is 140 Å². The molecule has 0 fully saturated rings. The van der Waals surface area contributed by atoms with Crippen LogP contribution in [0.1, 0.15) is 5.56 Å². The van der Waals surface area contributed by atoms with Gasteiger partial charge < -0.3 is 10.4 Å². The summed E-state index contributed by atoms with van der Waals surface area (Å²) in [6, 6.07) is 17.9. The quantitative estimate of drug-likeness (QED) is 0.586. The highest BCUT2D eigenvalue weighted by Crippen LogP contribution is 2.25. The second-order valence-corrected chi connectivity index (χ2v) is 6.66. The van der Waals surface area contributed by atoms with Crippen molar-refractivity contribution in [2.75, 3.05) is 5.32 Å². The molecular weight excluding hydrogens is 394 g/mol. The Balaban J connectivity index is 1.82. The Kier molecular flexibility index (Phi) is 4.17. The van der Waals surface area contributed by atoms with Gasteiger partial charge in [0.1, 0.15) is 5.75 Å². The molecule has 2 nitrogen and oxygen atoms in total. The molecule has 0 saturated heterocycles. The van der Waals surface area contributed by atoms with Crippen LogP contribution in [-0.4, -0.2) is 5.11 Å². The number of phenols is 1. The lowest BCUT2D eigenvalue weighted by Gasteiger charge is -2.10. The summed E-state index contributed by atoms with van der Waals surface area (Å²) in [5, 5.41) is 15.6. The lowest BCUT2D eigenvalue weighted by molar-refractivity contribution is 0.469. The van der Waals surface area contributed by atoms with Crippen LogP contribution in [0.25, 0.3) is 10.8 Å². The minimum absolute atomic E-state index is 0.301. The largest absolute Gasteiger partial charge is 0.508 e. The molecule has 0 unspecified atom stereocenters. The molecule has 21 heavy (non-hydrogen) atoms. The Morgan fingerprint density at radius 1 is 0.810 bits per heavy atom. The SMILES string of the molecule is Oc1ccc(Br)cc1CNc1ccc2cc(Br)ccc2c1.